The van der Waals surface area contributed by atoms with Crippen LogP contribution >= 0.6 is 0 Å². The van der Waals surface area contributed by atoms with E-state index in [2.05, 4.69) is 15.6 Å². The number of hydrogen-bond acceptors (Lipinski definition) is 3. The molecule has 1 aromatic rings. The number of halogens is 1. The zero-order valence-corrected chi connectivity index (χ0v) is 7.57. The minimum absolute atomic E-state index is 0. The topological polar surface area (TPSA) is 37.0 Å². The lowest BCUT2D eigenvalue weighted by Gasteiger charge is -2.11. The van der Waals surface area contributed by atoms with Gasteiger partial charge in [-0.05, 0) is 12.1 Å². The van der Waals surface area contributed by atoms with Gasteiger partial charge in [0, 0.05) is 38.6 Å². The zero-order valence-electron chi connectivity index (χ0n) is 7.57. The second-order valence-electron chi connectivity index (χ2n) is 2.52. The third-order valence-electron chi connectivity index (χ3n) is 1.52. The number of rotatable bonds is 0. The highest BCUT2D eigenvalue weighted by atomic mass is 19.0. The maximum absolute atomic E-state index is 3.78. The second-order valence-corrected chi connectivity index (χ2v) is 2.52. The molecule has 2 rings (SSSR count). The van der Waals surface area contributed by atoms with Gasteiger partial charge in [0.2, 0.25) is 0 Å². The first-order valence-corrected chi connectivity index (χ1v) is 4.26. The van der Waals surface area contributed by atoms with Crippen LogP contribution in [0.25, 0.3) is 0 Å². The Morgan fingerprint density at radius 1 is 0.769 bits per heavy atom. The molecule has 0 bridgehead atoms. The van der Waals surface area contributed by atoms with E-state index in [0.717, 1.165) is 26.2 Å². The maximum Gasteiger partial charge on any atom is 0.0267 e. The van der Waals surface area contributed by atoms with Crippen molar-refractivity contribution in [2.45, 2.75) is 0 Å². The molecule has 2 N–H and O–H groups in total. The molecule has 0 amide bonds. The highest BCUT2D eigenvalue weighted by molar-refractivity contribution is 4.88. The first-order valence-electron chi connectivity index (χ1n) is 4.26. The van der Waals surface area contributed by atoms with Crippen molar-refractivity contribution in [3.05, 3.63) is 30.6 Å². The largest absolute Gasteiger partial charge is 0.314 e. The summed E-state index contributed by atoms with van der Waals surface area (Å²) in [6.45, 7) is 4.56. The van der Waals surface area contributed by atoms with Crippen LogP contribution in [0.3, 0.4) is 0 Å². The van der Waals surface area contributed by atoms with Crippen LogP contribution < -0.4 is 10.6 Å². The summed E-state index contributed by atoms with van der Waals surface area (Å²) in [6.07, 6.45) is 3.50. The van der Waals surface area contributed by atoms with E-state index in [9.17, 15) is 0 Å². The number of nitrogens with zero attached hydrogens (tertiary/aromatic N) is 1. The molecule has 74 valence electrons. The summed E-state index contributed by atoms with van der Waals surface area (Å²) in [5.41, 5.74) is 0. The number of aromatic nitrogens is 1. The van der Waals surface area contributed by atoms with E-state index in [0.29, 0.717) is 0 Å². The van der Waals surface area contributed by atoms with Crippen LogP contribution in [-0.2, 0) is 0 Å². The van der Waals surface area contributed by atoms with Crippen LogP contribution in [0.15, 0.2) is 30.6 Å². The molecule has 0 spiro atoms. The Hall–Kier alpha value is -1.00. The summed E-state index contributed by atoms with van der Waals surface area (Å²) in [6, 6.07) is 5.72. The van der Waals surface area contributed by atoms with Gasteiger partial charge in [-0.3, -0.25) is 9.69 Å². The number of nitrogens with one attached hydrogen (secondary N) is 2. The summed E-state index contributed by atoms with van der Waals surface area (Å²) >= 11 is 0. The molecular formula is C9H16FN3. The van der Waals surface area contributed by atoms with Crippen LogP contribution in [0, 0.1) is 0 Å². The van der Waals surface area contributed by atoms with Crippen LogP contribution in [0.5, 0.6) is 0 Å². The molecule has 1 aliphatic heterocycles. The van der Waals surface area contributed by atoms with Gasteiger partial charge in [0.05, 0.1) is 0 Å². The van der Waals surface area contributed by atoms with Gasteiger partial charge in [-0.2, -0.15) is 0 Å². The molecule has 13 heavy (non-hydrogen) atoms. The molecule has 3 nitrogen and oxygen atoms in total. The van der Waals surface area contributed by atoms with Gasteiger partial charge in [0.1, 0.15) is 0 Å². The summed E-state index contributed by atoms with van der Waals surface area (Å²) < 4.78 is 0. The zero-order chi connectivity index (χ0) is 8.49. The van der Waals surface area contributed by atoms with Gasteiger partial charge < -0.3 is 10.6 Å². The highest BCUT2D eigenvalue weighted by Gasteiger charge is 1.91. The van der Waals surface area contributed by atoms with E-state index >= 15 is 0 Å². The van der Waals surface area contributed by atoms with Gasteiger partial charge in [0.25, 0.3) is 0 Å². The lowest BCUT2D eigenvalue weighted by Crippen LogP contribution is -2.39. The number of hydrogen-bond donors (Lipinski definition) is 2. The predicted molar refractivity (Wildman–Crippen MR) is 52.5 cm³/mol. The predicted octanol–water partition coefficient (Wildman–Crippen LogP) is 0.413. The Bertz CT molecular complexity index is 139. The fraction of sp³-hybridized carbons (Fsp3) is 0.444. The molecule has 1 fully saturated rings. The molecule has 4 heteroatoms. The fourth-order valence-corrected chi connectivity index (χ4v) is 0.916. The molecule has 0 aromatic carbocycles. The van der Waals surface area contributed by atoms with Crippen LogP contribution in [0.2, 0.25) is 0 Å². The maximum atomic E-state index is 3.78. The quantitative estimate of drug-likeness (QED) is 0.615. The lowest BCUT2D eigenvalue weighted by molar-refractivity contribution is 0.534. The van der Waals surface area contributed by atoms with Gasteiger partial charge in [-0.25, -0.2) is 0 Å². The van der Waals surface area contributed by atoms with E-state index < -0.39 is 0 Å². The summed E-state index contributed by atoms with van der Waals surface area (Å²) in [4.78, 5) is 3.78. The Kier molecular flexibility index (Phi) is 8.39. The number of pyridine rings is 1. The van der Waals surface area contributed by atoms with Crippen molar-refractivity contribution < 1.29 is 4.70 Å². The van der Waals surface area contributed by atoms with Crippen molar-refractivity contribution in [2.24, 2.45) is 0 Å². The van der Waals surface area contributed by atoms with Crippen LogP contribution in [0.4, 0.5) is 4.70 Å². The van der Waals surface area contributed by atoms with Gasteiger partial charge >= 0.3 is 0 Å². The molecule has 0 aliphatic carbocycles. The number of piperazine rings is 1. The first kappa shape index (κ1) is 12.0. The van der Waals surface area contributed by atoms with Crippen LogP contribution in [0.1, 0.15) is 0 Å². The molecule has 0 radical (unpaired) electrons. The molecule has 0 unspecified atom stereocenters. The molecule has 0 atom stereocenters. The molecule has 1 aliphatic rings. The summed E-state index contributed by atoms with van der Waals surface area (Å²) in [5.74, 6) is 0. The van der Waals surface area contributed by atoms with Crippen molar-refractivity contribution in [3.8, 4) is 0 Å². The van der Waals surface area contributed by atoms with E-state index in [-0.39, 0.29) is 4.70 Å². The SMILES string of the molecule is C1CNCCN1.F.c1ccncc1. The fourth-order valence-electron chi connectivity index (χ4n) is 0.916. The van der Waals surface area contributed by atoms with Crippen molar-refractivity contribution in [1.82, 2.24) is 15.6 Å². The lowest BCUT2D eigenvalue weighted by atomic mass is 10.4. The van der Waals surface area contributed by atoms with E-state index in [1.54, 1.807) is 12.4 Å². The van der Waals surface area contributed by atoms with Crippen molar-refractivity contribution >= 4 is 0 Å². The molecule has 2 heterocycles. The summed E-state index contributed by atoms with van der Waals surface area (Å²) in [5, 5.41) is 6.44. The second kappa shape index (κ2) is 9.09. The van der Waals surface area contributed by atoms with Crippen molar-refractivity contribution in [1.29, 1.82) is 0 Å². The average Bonchev–Trinajstić information content (AvgIpc) is 2.24. The van der Waals surface area contributed by atoms with E-state index in [1.807, 2.05) is 18.2 Å². The molecule has 1 aromatic heterocycles. The summed E-state index contributed by atoms with van der Waals surface area (Å²) in [7, 11) is 0. The third kappa shape index (κ3) is 7.36. The average molecular weight is 185 g/mol. The Morgan fingerprint density at radius 3 is 1.38 bits per heavy atom. The van der Waals surface area contributed by atoms with Crippen molar-refractivity contribution in [2.75, 3.05) is 26.2 Å². The minimum atomic E-state index is 0. The van der Waals surface area contributed by atoms with Gasteiger partial charge in [-0.1, -0.05) is 6.07 Å². The van der Waals surface area contributed by atoms with E-state index in [1.165, 1.54) is 0 Å². The van der Waals surface area contributed by atoms with Gasteiger partial charge in [0.15, 0.2) is 0 Å². The first-order chi connectivity index (χ1) is 6.00. The van der Waals surface area contributed by atoms with Crippen LogP contribution in [-0.4, -0.2) is 31.2 Å². The molecule has 0 saturated carbocycles. The Balaban J connectivity index is 0.000000206. The third-order valence-corrected chi connectivity index (χ3v) is 1.52. The Morgan fingerprint density at radius 2 is 1.23 bits per heavy atom. The standard InChI is InChI=1S/C5H5N.C4H10N2.FH/c1-2-4-6-5-3-1;1-2-6-4-3-5-1;/h1-5H;5-6H,1-4H2;1H. The van der Waals surface area contributed by atoms with E-state index in [4.69, 9.17) is 0 Å². The smallest absolute Gasteiger partial charge is 0.0267 e. The molecule has 1 saturated heterocycles. The Labute approximate surface area is 77.9 Å². The minimum Gasteiger partial charge on any atom is -0.314 e. The van der Waals surface area contributed by atoms with Gasteiger partial charge in [-0.15, -0.1) is 0 Å². The molecular weight excluding hydrogens is 169 g/mol. The van der Waals surface area contributed by atoms with Crippen molar-refractivity contribution in [3.63, 3.8) is 0 Å². The highest BCUT2D eigenvalue weighted by Crippen LogP contribution is 1.73. The monoisotopic (exact) mass is 185 g/mol. The normalized spacial score (nSPS) is 14.8.